The molecule has 1 heterocycles. The molecular weight excluding hydrogens is 359 g/mol. The van der Waals surface area contributed by atoms with Crippen molar-refractivity contribution in [2.75, 3.05) is 0 Å². The van der Waals surface area contributed by atoms with Crippen LogP contribution in [0, 0.1) is 0 Å². The lowest BCUT2D eigenvalue weighted by atomic mass is 9.89. The van der Waals surface area contributed by atoms with Crippen LogP contribution in [0.4, 0.5) is 0 Å². The lowest BCUT2D eigenvalue weighted by Crippen LogP contribution is -2.49. The summed E-state index contributed by atoms with van der Waals surface area (Å²) in [7, 11) is -2.20. The maximum absolute atomic E-state index is 6.45. The van der Waals surface area contributed by atoms with Crippen molar-refractivity contribution in [3.8, 4) is 0 Å². The van der Waals surface area contributed by atoms with Gasteiger partial charge in [0.25, 0.3) is 0 Å². The van der Waals surface area contributed by atoms with Crippen LogP contribution in [0.3, 0.4) is 0 Å². The minimum atomic E-state index is -1.92. The average molecular weight is 398 g/mol. The molecule has 28 heavy (non-hydrogen) atoms. The second-order valence-corrected chi connectivity index (χ2v) is 13.9. The highest BCUT2D eigenvalue weighted by atomic mass is 28.3. The number of hydrogen-bond donors (Lipinski definition) is 0. The summed E-state index contributed by atoms with van der Waals surface area (Å²) in [6, 6.07) is 10.9. The van der Waals surface area contributed by atoms with Gasteiger partial charge in [0.15, 0.2) is 0 Å². The van der Waals surface area contributed by atoms with Crippen LogP contribution in [0.25, 0.3) is 0 Å². The molecule has 0 unspecified atom stereocenters. The first-order chi connectivity index (χ1) is 13.1. The lowest BCUT2D eigenvalue weighted by Gasteiger charge is -2.32. The first-order valence-electron chi connectivity index (χ1n) is 10.9. The van der Waals surface area contributed by atoms with Gasteiger partial charge in [0.1, 0.15) is 8.07 Å². The molecule has 4 heteroatoms. The van der Waals surface area contributed by atoms with Crippen LogP contribution in [0.15, 0.2) is 53.7 Å². The lowest BCUT2D eigenvalue weighted by molar-refractivity contribution is 0.00578. The van der Waals surface area contributed by atoms with E-state index in [1.165, 1.54) is 36.0 Å². The van der Waals surface area contributed by atoms with Gasteiger partial charge in [0, 0.05) is 0 Å². The molecule has 0 aliphatic carbocycles. The third kappa shape index (κ3) is 5.49. The summed E-state index contributed by atoms with van der Waals surface area (Å²) in [6.45, 7) is 15.6. The number of benzene rings is 1. The maximum atomic E-state index is 6.45. The Kier molecular flexibility index (Phi) is 7.95. The van der Waals surface area contributed by atoms with E-state index >= 15 is 0 Å². The first kappa shape index (κ1) is 23.2. The van der Waals surface area contributed by atoms with Crippen molar-refractivity contribution in [3.05, 3.63) is 53.7 Å². The molecule has 0 atom stereocenters. The summed E-state index contributed by atoms with van der Waals surface area (Å²) in [5, 5.41) is 2.72. The summed E-state index contributed by atoms with van der Waals surface area (Å²) >= 11 is 0. The molecule has 1 saturated heterocycles. The minimum absolute atomic E-state index is 0.281. The molecule has 0 amide bonds. The van der Waals surface area contributed by atoms with Crippen LogP contribution in [-0.2, 0) is 9.31 Å². The van der Waals surface area contributed by atoms with Gasteiger partial charge in [-0.1, -0.05) is 93.0 Å². The third-order valence-electron chi connectivity index (χ3n) is 6.36. The van der Waals surface area contributed by atoms with Gasteiger partial charge in [-0.3, -0.25) is 0 Å². The summed E-state index contributed by atoms with van der Waals surface area (Å²) in [4.78, 5) is 0. The zero-order valence-electron chi connectivity index (χ0n) is 19.0. The van der Waals surface area contributed by atoms with E-state index in [-0.39, 0.29) is 18.3 Å². The van der Waals surface area contributed by atoms with Crippen molar-refractivity contribution in [1.29, 1.82) is 0 Å². The van der Waals surface area contributed by atoms with Gasteiger partial charge in [0.2, 0.25) is 0 Å². The average Bonchev–Trinajstić information content (AvgIpc) is 2.85. The van der Waals surface area contributed by atoms with Crippen molar-refractivity contribution in [2.24, 2.45) is 0 Å². The molecule has 0 bridgehead atoms. The summed E-state index contributed by atoms with van der Waals surface area (Å²) in [5.74, 6) is 0. The van der Waals surface area contributed by atoms with Crippen molar-refractivity contribution < 1.29 is 9.31 Å². The van der Waals surface area contributed by atoms with E-state index in [2.05, 4.69) is 96.3 Å². The SMILES string of the molecule is CCCCCC/C=C/C=C(/B1OC(C)(C)C(C)(C)O1)[Si](C)(C)c1ccccc1. The molecule has 2 nitrogen and oxygen atoms in total. The Morgan fingerprint density at radius 2 is 1.57 bits per heavy atom. The number of unbranched alkanes of at least 4 members (excludes halogenated alkanes) is 4. The molecule has 1 aliphatic heterocycles. The third-order valence-corrected chi connectivity index (χ3v) is 9.98. The van der Waals surface area contributed by atoms with E-state index in [0.717, 1.165) is 6.42 Å². The fourth-order valence-corrected chi connectivity index (χ4v) is 6.11. The van der Waals surface area contributed by atoms with Crippen molar-refractivity contribution in [3.63, 3.8) is 0 Å². The first-order valence-corrected chi connectivity index (χ1v) is 13.9. The molecule has 0 aromatic heterocycles. The molecular formula is C24H39BO2Si. The Hall–Kier alpha value is -1.10. The minimum Gasteiger partial charge on any atom is -0.400 e. The largest absolute Gasteiger partial charge is 0.486 e. The van der Waals surface area contributed by atoms with Gasteiger partial charge in [-0.25, -0.2) is 0 Å². The molecule has 1 fully saturated rings. The normalized spacial score (nSPS) is 19.5. The van der Waals surface area contributed by atoms with Crippen molar-refractivity contribution in [1.82, 2.24) is 0 Å². The van der Waals surface area contributed by atoms with Gasteiger partial charge < -0.3 is 9.31 Å². The highest BCUT2D eigenvalue weighted by Gasteiger charge is 2.54. The van der Waals surface area contributed by atoms with E-state index in [4.69, 9.17) is 9.31 Å². The van der Waals surface area contributed by atoms with Gasteiger partial charge in [-0.15, -0.1) is 0 Å². The predicted octanol–water partition coefficient (Wildman–Crippen LogP) is 6.23. The summed E-state index contributed by atoms with van der Waals surface area (Å²) < 4.78 is 12.9. The quantitative estimate of drug-likeness (QED) is 0.279. The Balaban J connectivity index is 2.26. The van der Waals surface area contributed by atoms with Crippen LogP contribution in [0.1, 0.15) is 66.7 Å². The Morgan fingerprint density at radius 3 is 2.14 bits per heavy atom. The smallest absolute Gasteiger partial charge is 0.400 e. The van der Waals surface area contributed by atoms with Crippen LogP contribution in [0.5, 0.6) is 0 Å². The van der Waals surface area contributed by atoms with Crippen LogP contribution < -0.4 is 5.19 Å². The standard InChI is InChI=1S/C24H39BO2Si/c1-8-9-10-11-12-13-17-20-22(25-26-23(2,3)24(4,5)27-25)28(6,7)21-18-15-14-16-19-21/h13-20H,8-12H2,1-7H3/b17-13+,22-20-. The maximum Gasteiger partial charge on any atom is 0.486 e. The topological polar surface area (TPSA) is 18.5 Å². The highest BCUT2D eigenvalue weighted by Crippen LogP contribution is 2.40. The molecule has 154 valence electrons. The summed E-state index contributed by atoms with van der Waals surface area (Å²) in [5.41, 5.74) is -0.635. The van der Waals surface area contributed by atoms with Crippen LogP contribution in [0.2, 0.25) is 13.1 Å². The second-order valence-electron chi connectivity index (χ2n) is 9.48. The molecule has 0 radical (unpaired) electrons. The Morgan fingerprint density at radius 1 is 0.964 bits per heavy atom. The highest BCUT2D eigenvalue weighted by molar-refractivity contribution is 7.04. The molecule has 1 aromatic carbocycles. The molecule has 1 aromatic rings. The van der Waals surface area contributed by atoms with E-state index in [9.17, 15) is 0 Å². The van der Waals surface area contributed by atoms with Gasteiger partial charge in [-0.2, -0.15) is 0 Å². The molecule has 0 spiro atoms. The molecule has 2 rings (SSSR count). The predicted molar refractivity (Wildman–Crippen MR) is 126 cm³/mol. The fourth-order valence-electron chi connectivity index (χ4n) is 3.53. The Labute approximate surface area is 174 Å². The fraction of sp³-hybridized carbons (Fsp3) is 0.583. The number of hydrogen-bond acceptors (Lipinski definition) is 2. The van der Waals surface area contributed by atoms with Crippen LogP contribution >= 0.6 is 0 Å². The van der Waals surface area contributed by atoms with Gasteiger partial charge >= 0.3 is 7.12 Å². The summed E-state index contributed by atoms with van der Waals surface area (Å²) in [6.07, 6.45) is 13.1. The van der Waals surface area contributed by atoms with Crippen molar-refractivity contribution in [2.45, 2.75) is 91.0 Å². The van der Waals surface area contributed by atoms with E-state index in [1.54, 1.807) is 0 Å². The number of allylic oxidation sites excluding steroid dienone is 3. The van der Waals surface area contributed by atoms with Gasteiger partial charge in [-0.05, 0) is 45.6 Å². The number of rotatable bonds is 9. The molecule has 1 aliphatic rings. The van der Waals surface area contributed by atoms with Gasteiger partial charge in [0.05, 0.1) is 11.2 Å². The molecule has 0 saturated carbocycles. The molecule has 0 N–H and O–H groups in total. The zero-order valence-corrected chi connectivity index (χ0v) is 20.0. The van der Waals surface area contributed by atoms with E-state index < -0.39 is 8.07 Å². The monoisotopic (exact) mass is 398 g/mol. The van der Waals surface area contributed by atoms with E-state index in [0.29, 0.717) is 0 Å². The second kappa shape index (κ2) is 9.60. The van der Waals surface area contributed by atoms with Crippen molar-refractivity contribution >= 4 is 20.4 Å². The Bertz CT molecular complexity index is 661. The van der Waals surface area contributed by atoms with Crippen LogP contribution in [-0.4, -0.2) is 26.4 Å². The van der Waals surface area contributed by atoms with E-state index in [1.807, 2.05) is 0 Å². The zero-order chi connectivity index (χ0) is 20.8.